The van der Waals surface area contributed by atoms with Crippen molar-refractivity contribution in [2.24, 2.45) is 5.92 Å². The predicted molar refractivity (Wildman–Crippen MR) is 377 cm³/mol. The number of carbonyl (C=O) groups excluding carboxylic acids is 4. The highest BCUT2D eigenvalue weighted by molar-refractivity contribution is 7.47. The molecule has 0 rings (SSSR count). The molecule has 0 bridgehead atoms. The van der Waals surface area contributed by atoms with Gasteiger partial charge in [0.2, 0.25) is 0 Å². The molecule has 0 aliphatic heterocycles. The molecule has 0 aromatic carbocycles. The van der Waals surface area contributed by atoms with E-state index in [2.05, 4.69) is 34.6 Å². The fraction of sp³-hybridized carbons (Fsp3) is 0.946. The van der Waals surface area contributed by atoms with Gasteiger partial charge >= 0.3 is 39.5 Å². The molecule has 0 saturated carbocycles. The molecular weight excluding hydrogens is 1220 g/mol. The van der Waals surface area contributed by atoms with Gasteiger partial charge in [-0.2, -0.15) is 0 Å². The molecule has 0 fully saturated rings. The zero-order valence-electron chi connectivity index (χ0n) is 60.4. The lowest BCUT2D eigenvalue weighted by molar-refractivity contribution is -0.161. The number of phosphoric acid groups is 2. The van der Waals surface area contributed by atoms with Crippen LogP contribution in [0, 0.1) is 5.92 Å². The normalized spacial score (nSPS) is 14.3. The van der Waals surface area contributed by atoms with Gasteiger partial charge in [-0.3, -0.25) is 37.3 Å². The van der Waals surface area contributed by atoms with E-state index in [1.165, 1.54) is 205 Å². The largest absolute Gasteiger partial charge is 0.472 e. The first kappa shape index (κ1) is 91.1. The molecule has 19 heteroatoms. The third-order valence-electron chi connectivity index (χ3n) is 17.6. The van der Waals surface area contributed by atoms with Crippen LogP contribution in [0.2, 0.25) is 0 Å². The molecule has 3 unspecified atom stereocenters. The van der Waals surface area contributed by atoms with Crippen molar-refractivity contribution in [2.75, 3.05) is 39.6 Å². The van der Waals surface area contributed by atoms with Crippen LogP contribution >= 0.6 is 15.6 Å². The van der Waals surface area contributed by atoms with E-state index < -0.39 is 97.5 Å². The molecule has 93 heavy (non-hydrogen) atoms. The van der Waals surface area contributed by atoms with Crippen molar-refractivity contribution in [2.45, 2.75) is 406 Å². The number of aliphatic hydroxyl groups excluding tert-OH is 1. The second-order valence-corrected chi connectivity index (χ2v) is 29.8. The summed E-state index contributed by atoms with van der Waals surface area (Å²) < 4.78 is 67.9. The van der Waals surface area contributed by atoms with Gasteiger partial charge in [0.05, 0.1) is 26.4 Å². The third-order valence-corrected chi connectivity index (χ3v) is 19.5. The van der Waals surface area contributed by atoms with Crippen molar-refractivity contribution in [1.29, 1.82) is 0 Å². The maximum atomic E-state index is 13.1. The van der Waals surface area contributed by atoms with Gasteiger partial charge in [0.1, 0.15) is 19.3 Å². The maximum Gasteiger partial charge on any atom is 0.472 e. The fourth-order valence-electron chi connectivity index (χ4n) is 11.3. The Morgan fingerprint density at radius 1 is 0.301 bits per heavy atom. The third kappa shape index (κ3) is 67.0. The van der Waals surface area contributed by atoms with Gasteiger partial charge in [-0.05, 0) is 31.6 Å². The van der Waals surface area contributed by atoms with Gasteiger partial charge in [0.25, 0.3) is 0 Å². The number of hydrogen-bond donors (Lipinski definition) is 3. The Labute approximate surface area is 568 Å². The minimum absolute atomic E-state index is 0.0992. The summed E-state index contributed by atoms with van der Waals surface area (Å²) in [6, 6.07) is 0. The lowest BCUT2D eigenvalue weighted by atomic mass is 9.99. The number of esters is 4. The van der Waals surface area contributed by atoms with E-state index in [1.54, 1.807) is 0 Å². The minimum Gasteiger partial charge on any atom is -0.462 e. The van der Waals surface area contributed by atoms with Crippen LogP contribution in [0.15, 0.2) is 0 Å². The summed E-state index contributed by atoms with van der Waals surface area (Å²) in [6.45, 7) is 7.14. The SMILES string of the molecule is CCCCCCCCCCCCCCCCCCCCCCCC(=O)OC[C@H](COP(=O)(O)OC[C@@H](O)COP(=O)(O)OC[C@@H](COC(=O)CCCCCCC)OC(=O)CCCCCCC)OC(=O)CCCCCCCCCCCCCCCCCCCCC(C)CC. The number of unbranched alkanes of at least 4 members (excludes halogenated alkanes) is 45. The van der Waals surface area contributed by atoms with Crippen LogP contribution in [-0.4, -0.2) is 96.7 Å². The average Bonchev–Trinajstić information content (AvgIpc) is 1.78. The first-order chi connectivity index (χ1) is 45.1. The topological polar surface area (TPSA) is 237 Å². The average molecular weight is 1370 g/mol. The Hall–Kier alpha value is -1.94. The standard InChI is InChI=1S/C74H144O17P2/c1-6-10-13-16-17-18-19-20-21-22-23-24-25-29-32-35-38-41-44-49-53-58-72(77)85-64-70(91-74(79)60-55-50-45-42-39-36-33-30-27-26-28-31-34-37-40-43-48-51-56-67(5)9-4)66-89-93(82,83)87-62-68(75)61-86-92(80,81)88-65-69(90-73(78)59-54-47-15-12-8-3)63-84-71(76)57-52-46-14-11-7-2/h67-70,75H,6-66H2,1-5H3,(H,80,81)(H,82,83)/t67?,68-,69+,70+/m0/s1. The summed E-state index contributed by atoms with van der Waals surface area (Å²) >= 11 is 0. The van der Waals surface area contributed by atoms with Crippen molar-refractivity contribution in [3.05, 3.63) is 0 Å². The summed E-state index contributed by atoms with van der Waals surface area (Å²) in [5.74, 6) is -1.27. The molecule has 0 radical (unpaired) electrons. The van der Waals surface area contributed by atoms with E-state index in [0.717, 1.165) is 102 Å². The second kappa shape index (κ2) is 67.3. The zero-order chi connectivity index (χ0) is 68.4. The maximum absolute atomic E-state index is 13.1. The number of aliphatic hydroxyl groups is 1. The van der Waals surface area contributed by atoms with Crippen molar-refractivity contribution >= 4 is 39.5 Å². The number of hydrogen-bond acceptors (Lipinski definition) is 15. The van der Waals surface area contributed by atoms with E-state index in [4.69, 9.17) is 37.0 Å². The summed E-state index contributed by atoms with van der Waals surface area (Å²) in [5.41, 5.74) is 0. The molecule has 0 saturated heterocycles. The van der Waals surface area contributed by atoms with Crippen molar-refractivity contribution in [1.82, 2.24) is 0 Å². The summed E-state index contributed by atoms with van der Waals surface area (Å²) in [4.78, 5) is 72.0. The molecule has 0 aliphatic rings. The molecule has 0 aromatic rings. The van der Waals surface area contributed by atoms with Crippen LogP contribution in [0.5, 0.6) is 0 Å². The number of rotatable bonds is 74. The van der Waals surface area contributed by atoms with E-state index in [-0.39, 0.29) is 25.7 Å². The van der Waals surface area contributed by atoms with Gasteiger partial charge in [0.15, 0.2) is 12.2 Å². The Morgan fingerprint density at radius 3 is 0.763 bits per heavy atom. The van der Waals surface area contributed by atoms with Crippen LogP contribution in [-0.2, 0) is 65.4 Å². The molecule has 0 amide bonds. The van der Waals surface area contributed by atoms with Gasteiger partial charge in [0, 0.05) is 25.7 Å². The van der Waals surface area contributed by atoms with Gasteiger partial charge < -0.3 is 33.8 Å². The summed E-state index contributed by atoms with van der Waals surface area (Å²) in [5, 5.41) is 10.5. The molecule has 0 aromatic heterocycles. The van der Waals surface area contributed by atoms with E-state index in [0.29, 0.717) is 25.7 Å². The van der Waals surface area contributed by atoms with Crippen LogP contribution in [0.4, 0.5) is 0 Å². The van der Waals surface area contributed by atoms with E-state index in [1.807, 2.05) is 0 Å². The van der Waals surface area contributed by atoms with Gasteiger partial charge in [-0.15, -0.1) is 0 Å². The van der Waals surface area contributed by atoms with Gasteiger partial charge in [-0.1, -0.05) is 336 Å². The molecule has 6 atom stereocenters. The molecule has 0 spiro atoms. The Bertz CT molecular complexity index is 1790. The molecule has 0 aliphatic carbocycles. The predicted octanol–water partition coefficient (Wildman–Crippen LogP) is 21.7. The Balaban J connectivity index is 5.00. The van der Waals surface area contributed by atoms with E-state index >= 15 is 0 Å². The number of ether oxygens (including phenoxy) is 4. The van der Waals surface area contributed by atoms with Crippen molar-refractivity contribution in [3.8, 4) is 0 Å². The number of carbonyl (C=O) groups is 4. The lowest BCUT2D eigenvalue weighted by Crippen LogP contribution is -2.30. The highest BCUT2D eigenvalue weighted by Gasteiger charge is 2.30. The molecule has 552 valence electrons. The fourth-order valence-corrected chi connectivity index (χ4v) is 12.9. The monoisotopic (exact) mass is 1370 g/mol. The second-order valence-electron chi connectivity index (χ2n) is 26.9. The summed E-state index contributed by atoms with van der Waals surface area (Å²) in [6.07, 6.45) is 56.7. The first-order valence-electron chi connectivity index (χ1n) is 38.7. The molecule has 3 N–H and O–H groups in total. The Kier molecular flexibility index (Phi) is 65.9. The molecule has 17 nitrogen and oxygen atoms in total. The van der Waals surface area contributed by atoms with Gasteiger partial charge in [-0.25, -0.2) is 9.13 Å². The first-order valence-corrected chi connectivity index (χ1v) is 41.7. The highest BCUT2D eigenvalue weighted by Crippen LogP contribution is 2.45. The quantitative estimate of drug-likeness (QED) is 0.0222. The molecule has 0 heterocycles. The number of phosphoric ester groups is 2. The van der Waals surface area contributed by atoms with Crippen LogP contribution in [0.25, 0.3) is 0 Å². The highest BCUT2D eigenvalue weighted by atomic mass is 31.2. The molecular formula is C74H144O17P2. The van der Waals surface area contributed by atoms with Crippen molar-refractivity contribution in [3.63, 3.8) is 0 Å². The Morgan fingerprint density at radius 2 is 0.516 bits per heavy atom. The van der Waals surface area contributed by atoms with Crippen LogP contribution in [0.3, 0.4) is 0 Å². The van der Waals surface area contributed by atoms with E-state index in [9.17, 15) is 43.2 Å². The summed E-state index contributed by atoms with van der Waals surface area (Å²) in [7, 11) is -9.88. The zero-order valence-corrected chi connectivity index (χ0v) is 62.2. The van der Waals surface area contributed by atoms with Crippen molar-refractivity contribution < 1.29 is 80.2 Å². The lowest BCUT2D eigenvalue weighted by Gasteiger charge is -2.21. The smallest absolute Gasteiger partial charge is 0.462 e. The van der Waals surface area contributed by atoms with Crippen LogP contribution in [0.1, 0.15) is 388 Å². The minimum atomic E-state index is -4.95. The van der Waals surface area contributed by atoms with Crippen LogP contribution < -0.4 is 0 Å².